The Bertz CT molecular complexity index is 492. The highest BCUT2D eigenvalue weighted by Crippen LogP contribution is 2.29. The first-order valence-electron chi connectivity index (χ1n) is 6.76. The molecule has 110 valence electrons. The van der Waals surface area contributed by atoms with E-state index in [4.69, 9.17) is 0 Å². The van der Waals surface area contributed by atoms with Crippen molar-refractivity contribution in [2.24, 2.45) is 0 Å². The zero-order valence-electron chi connectivity index (χ0n) is 11.8. The molecule has 0 N–H and O–H groups in total. The van der Waals surface area contributed by atoms with Crippen molar-refractivity contribution in [3.05, 3.63) is 11.4 Å². The molecule has 0 saturated heterocycles. The van der Waals surface area contributed by atoms with Crippen LogP contribution in [0.1, 0.15) is 54.3 Å². The number of esters is 2. The summed E-state index contributed by atoms with van der Waals surface area (Å²) >= 11 is 0. The summed E-state index contributed by atoms with van der Waals surface area (Å²) in [6, 6.07) is 0.189. The van der Waals surface area contributed by atoms with Crippen LogP contribution in [-0.2, 0) is 20.7 Å². The topological polar surface area (TPSA) is 83.3 Å². The van der Waals surface area contributed by atoms with E-state index in [1.54, 1.807) is 4.68 Å². The minimum Gasteiger partial charge on any atom is -0.469 e. The first-order chi connectivity index (χ1) is 9.67. The van der Waals surface area contributed by atoms with Crippen LogP contribution in [0.15, 0.2) is 0 Å². The Morgan fingerprint density at radius 1 is 1.20 bits per heavy atom. The number of carbonyl (C=O) groups excluding carboxylic acids is 2. The van der Waals surface area contributed by atoms with Crippen molar-refractivity contribution >= 4 is 11.9 Å². The predicted octanol–water partition coefficient (Wildman–Crippen LogP) is 1.29. The molecule has 1 aliphatic carbocycles. The number of carbonyl (C=O) groups is 2. The van der Waals surface area contributed by atoms with Gasteiger partial charge in [-0.25, -0.2) is 9.48 Å². The number of methoxy groups -OCH3 is 2. The van der Waals surface area contributed by atoms with E-state index in [0.717, 1.165) is 25.7 Å². The highest BCUT2D eigenvalue weighted by molar-refractivity contribution is 5.89. The number of nitrogens with zero attached hydrogens (tertiary/aromatic N) is 3. The lowest BCUT2D eigenvalue weighted by atomic mass is 9.95. The lowest BCUT2D eigenvalue weighted by Crippen LogP contribution is -2.20. The van der Waals surface area contributed by atoms with Crippen LogP contribution in [0.25, 0.3) is 0 Å². The van der Waals surface area contributed by atoms with Crippen LogP contribution in [0.5, 0.6) is 0 Å². The monoisotopic (exact) mass is 281 g/mol. The summed E-state index contributed by atoms with van der Waals surface area (Å²) in [5.41, 5.74) is 0.582. The SMILES string of the molecule is COC(=O)Cc1c(C(=O)OC)nnn1C1CCCCC1. The van der Waals surface area contributed by atoms with Crippen molar-refractivity contribution in [1.82, 2.24) is 15.0 Å². The van der Waals surface area contributed by atoms with Gasteiger partial charge in [0.15, 0.2) is 5.69 Å². The lowest BCUT2D eigenvalue weighted by molar-refractivity contribution is -0.139. The van der Waals surface area contributed by atoms with Crippen molar-refractivity contribution in [2.45, 2.75) is 44.6 Å². The van der Waals surface area contributed by atoms with Gasteiger partial charge < -0.3 is 9.47 Å². The first-order valence-corrected chi connectivity index (χ1v) is 6.76. The second kappa shape index (κ2) is 6.49. The molecule has 1 saturated carbocycles. The minimum absolute atomic E-state index is 0.0234. The van der Waals surface area contributed by atoms with Crippen LogP contribution < -0.4 is 0 Å². The van der Waals surface area contributed by atoms with E-state index < -0.39 is 11.9 Å². The Kier molecular flexibility index (Phi) is 4.70. The van der Waals surface area contributed by atoms with Gasteiger partial charge in [0.25, 0.3) is 0 Å². The van der Waals surface area contributed by atoms with Gasteiger partial charge in [-0.3, -0.25) is 4.79 Å². The summed E-state index contributed by atoms with van der Waals surface area (Å²) in [6.45, 7) is 0. The van der Waals surface area contributed by atoms with Gasteiger partial charge in [0, 0.05) is 0 Å². The fourth-order valence-corrected chi connectivity index (χ4v) is 2.56. The number of rotatable bonds is 4. The Labute approximate surface area is 117 Å². The summed E-state index contributed by atoms with van der Waals surface area (Å²) in [4.78, 5) is 23.2. The number of aromatic nitrogens is 3. The van der Waals surface area contributed by atoms with Gasteiger partial charge in [-0.15, -0.1) is 5.10 Å². The van der Waals surface area contributed by atoms with Gasteiger partial charge in [-0.1, -0.05) is 24.5 Å². The molecule has 0 radical (unpaired) electrons. The molecular formula is C13H19N3O4. The molecular weight excluding hydrogens is 262 g/mol. The van der Waals surface area contributed by atoms with E-state index in [-0.39, 0.29) is 18.2 Å². The fraction of sp³-hybridized carbons (Fsp3) is 0.692. The Balaban J connectivity index is 2.32. The highest BCUT2D eigenvalue weighted by atomic mass is 16.5. The van der Waals surface area contributed by atoms with Gasteiger partial charge in [0.05, 0.1) is 32.4 Å². The fourth-order valence-electron chi connectivity index (χ4n) is 2.56. The maximum Gasteiger partial charge on any atom is 0.360 e. The molecule has 7 nitrogen and oxygen atoms in total. The van der Waals surface area contributed by atoms with Gasteiger partial charge in [-0.2, -0.15) is 0 Å². The van der Waals surface area contributed by atoms with Crippen molar-refractivity contribution in [2.75, 3.05) is 14.2 Å². The van der Waals surface area contributed by atoms with E-state index in [1.807, 2.05) is 0 Å². The number of ether oxygens (including phenoxy) is 2. The molecule has 1 aromatic rings. The van der Waals surface area contributed by atoms with Crippen molar-refractivity contribution < 1.29 is 19.1 Å². The summed E-state index contributed by atoms with van der Waals surface area (Å²) in [5.74, 6) is -1.000. The predicted molar refractivity (Wildman–Crippen MR) is 69.2 cm³/mol. The smallest absolute Gasteiger partial charge is 0.360 e. The van der Waals surface area contributed by atoms with Gasteiger partial charge in [-0.05, 0) is 12.8 Å². The van der Waals surface area contributed by atoms with E-state index in [9.17, 15) is 9.59 Å². The molecule has 7 heteroatoms. The van der Waals surface area contributed by atoms with Crippen LogP contribution >= 0.6 is 0 Å². The zero-order valence-corrected chi connectivity index (χ0v) is 11.8. The third-order valence-corrected chi connectivity index (χ3v) is 3.63. The summed E-state index contributed by atoms with van der Waals surface area (Å²) in [5, 5.41) is 7.93. The molecule has 1 fully saturated rings. The van der Waals surface area contributed by atoms with Gasteiger partial charge in [0.2, 0.25) is 0 Å². The van der Waals surface area contributed by atoms with E-state index in [2.05, 4.69) is 19.8 Å². The van der Waals surface area contributed by atoms with E-state index >= 15 is 0 Å². The molecule has 0 amide bonds. The highest BCUT2D eigenvalue weighted by Gasteiger charge is 2.27. The molecule has 0 spiro atoms. The normalized spacial score (nSPS) is 15.9. The summed E-state index contributed by atoms with van der Waals surface area (Å²) in [7, 11) is 2.60. The van der Waals surface area contributed by atoms with E-state index in [0.29, 0.717) is 5.69 Å². The second-order valence-corrected chi connectivity index (χ2v) is 4.87. The van der Waals surface area contributed by atoms with Crippen LogP contribution in [0.2, 0.25) is 0 Å². The quantitative estimate of drug-likeness (QED) is 0.773. The standard InChI is InChI=1S/C13H19N3O4/c1-19-11(17)8-10-12(13(18)20-2)14-15-16(10)9-6-4-3-5-7-9/h9H,3-8H2,1-2H3. The summed E-state index contributed by atoms with van der Waals surface area (Å²) in [6.07, 6.45) is 5.40. The lowest BCUT2D eigenvalue weighted by Gasteiger charge is -2.23. The second-order valence-electron chi connectivity index (χ2n) is 4.87. The number of hydrogen-bond acceptors (Lipinski definition) is 6. The molecule has 2 rings (SSSR count). The molecule has 1 heterocycles. The number of hydrogen-bond donors (Lipinski definition) is 0. The van der Waals surface area contributed by atoms with Crippen LogP contribution in [-0.4, -0.2) is 41.2 Å². The maximum atomic E-state index is 11.7. The Morgan fingerprint density at radius 3 is 2.50 bits per heavy atom. The largest absolute Gasteiger partial charge is 0.469 e. The molecule has 1 aliphatic rings. The van der Waals surface area contributed by atoms with Gasteiger partial charge in [0.1, 0.15) is 0 Å². The molecule has 0 bridgehead atoms. The average Bonchev–Trinajstić information content (AvgIpc) is 2.90. The third-order valence-electron chi connectivity index (χ3n) is 3.63. The molecule has 1 aromatic heterocycles. The van der Waals surface area contributed by atoms with Crippen LogP contribution in [0, 0.1) is 0 Å². The van der Waals surface area contributed by atoms with E-state index in [1.165, 1.54) is 20.6 Å². The average molecular weight is 281 g/mol. The third kappa shape index (κ3) is 2.97. The molecule has 0 atom stereocenters. The van der Waals surface area contributed by atoms with Gasteiger partial charge >= 0.3 is 11.9 Å². The molecule has 20 heavy (non-hydrogen) atoms. The molecule has 0 unspecified atom stereocenters. The van der Waals surface area contributed by atoms with Crippen molar-refractivity contribution in [3.8, 4) is 0 Å². The van der Waals surface area contributed by atoms with Crippen molar-refractivity contribution in [1.29, 1.82) is 0 Å². The maximum absolute atomic E-state index is 11.7. The Morgan fingerprint density at radius 2 is 1.90 bits per heavy atom. The van der Waals surface area contributed by atoms with Crippen LogP contribution in [0.4, 0.5) is 0 Å². The zero-order chi connectivity index (χ0) is 14.5. The summed E-state index contributed by atoms with van der Waals surface area (Å²) < 4.78 is 11.1. The minimum atomic E-state index is -0.578. The first kappa shape index (κ1) is 14.5. The van der Waals surface area contributed by atoms with Crippen molar-refractivity contribution in [3.63, 3.8) is 0 Å². The van der Waals surface area contributed by atoms with Crippen LogP contribution in [0.3, 0.4) is 0 Å². The molecule has 0 aliphatic heterocycles. The Hall–Kier alpha value is -1.92. The molecule has 0 aromatic carbocycles.